The number of nitrogens with zero attached hydrogens (tertiary/aromatic N) is 1. The van der Waals surface area contributed by atoms with E-state index < -0.39 is 44.4 Å². The minimum Gasteiger partial charge on any atom is -0.447 e. The number of unbranched alkanes of at least 4 members (excludes halogenated alkanes) is 10. The van der Waals surface area contributed by atoms with Crippen LogP contribution in [0, 0.1) is 0 Å². The fourth-order valence-electron chi connectivity index (χ4n) is 4.36. The van der Waals surface area contributed by atoms with E-state index >= 15 is 0 Å². The standard InChI is InChI=1S/C23H45N2O8P/c1-3-5-7-9-11-13-15-32-34(30,33-16-14-12-10-8-6-4-2)24-22-21(28)20(27)19(26)18-17-31-23(29)25(18)22/h18-22,26-28H,3-17H2,1-2H3,(H,24,30)/t18?,19-,20?,21+,22+/m1/s1. The zero-order chi connectivity index (χ0) is 25.0. The zero-order valence-corrected chi connectivity index (χ0v) is 21.7. The highest BCUT2D eigenvalue weighted by Crippen LogP contribution is 2.46. The minimum absolute atomic E-state index is 0.135. The lowest BCUT2D eigenvalue weighted by Crippen LogP contribution is -2.69. The molecule has 10 nitrogen and oxygen atoms in total. The fourth-order valence-corrected chi connectivity index (χ4v) is 5.92. The molecular weight excluding hydrogens is 463 g/mol. The van der Waals surface area contributed by atoms with Crippen molar-refractivity contribution in [1.82, 2.24) is 9.99 Å². The Balaban J connectivity index is 1.97. The number of fused-ring (bicyclic) bond motifs is 1. The smallest absolute Gasteiger partial charge is 0.411 e. The third-order valence-electron chi connectivity index (χ3n) is 6.47. The van der Waals surface area contributed by atoms with E-state index in [0.29, 0.717) is 12.8 Å². The van der Waals surface area contributed by atoms with Crippen molar-refractivity contribution in [2.45, 2.75) is 121 Å². The summed E-state index contributed by atoms with van der Waals surface area (Å²) in [7, 11) is -3.92. The zero-order valence-electron chi connectivity index (χ0n) is 20.8. The normalized spacial score (nSPS) is 27.1. The monoisotopic (exact) mass is 508 g/mol. The number of ether oxygens (including phenoxy) is 1. The van der Waals surface area contributed by atoms with Crippen LogP contribution in [0.3, 0.4) is 0 Å². The molecule has 1 amide bonds. The second-order valence-electron chi connectivity index (χ2n) is 9.30. The first-order chi connectivity index (χ1) is 16.3. The largest absolute Gasteiger partial charge is 0.447 e. The predicted molar refractivity (Wildman–Crippen MR) is 128 cm³/mol. The average molecular weight is 509 g/mol. The lowest BCUT2D eigenvalue weighted by molar-refractivity contribution is -0.145. The molecule has 0 spiro atoms. The molecule has 2 rings (SSSR count). The quantitative estimate of drug-likeness (QED) is 0.161. The van der Waals surface area contributed by atoms with Gasteiger partial charge in [-0.1, -0.05) is 78.1 Å². The molecule has 0 aromatic rings. The van der Waals surface area contributed by atoms with E-state index in [1.54, 1.807) is 0 Å². The van der Waals surface area contributed by atoms with Gasteiger partial charge in [-0.25, -0.2) is 9.36 Å². The van der Waals surface area contributed by atoms with E-state index in [1.165, 1.54) is 12.8 Å². The number of nitrogens with one attached hydrogen (secondary N) is 1. The highest BCUT2D eigenvalue weighted by atomic mass is 31.2. The van der Waals surface area contributed by atoms with Crippen LogP contribution in [0.4, 0.5) is 4.79 Å². The molecular formula is C23H45N2O8P. The molecule has 0 bridgehead atoms. The summed E-state index contributed by atoms with van der Waals surface area (Å²) in [6, 6.07) is -0.867. The van der Waals surface area contributed by atoms with Crippen LogP contribution in [0.15, 0.2) is 0 Å². The van der Waals surface area contributed by atoms with E-state index in [1.807, 2.05) is 0 Å². The first-order valence-corrected chi connectivity index (χ1v) is 14.5. The van der Waals surface area contributed by atoms with Crippen molar-refractivity contribution in [2.24, 2.45) is 0 Å². The van der Waals surface area contributed by atoms with Crippen molar-refractivity contribution < 1.29 is 38.5 Å². The third-order valence-corrected chi connectivity index (χ3v) is 8.10. The number of carbonyl (C=O) groups excluding carboxylic acids is 1. The molecule has 34 heavy (non-hydrogen) atoms. The number of rotatable bonds is 18. The topological polar surface area (TPSA) is 138 Å². The molecule has 11 heteroatoms. The maximum atomic E-state index is 13.6. The van der Waals surface area contributed by atoms with Gasteiger partial charge in [-0.2, -0.15) is 5.09 Å². The molecule has 2 aliphatic heterocycles. The molecule has 4 N–H and O–H groups in total. The number of hydrogen-bond donors (Lipinski definition) is 4. The summed E-state index contributed by atoms with van der Waals surface area (Å²) < 4.78 is 29.9. The van der Waals surface area contributed by atoms with Crippen LogP contribution in [-0.2, 0) is 18.3 Å². The van der Waals surface area contributed by atoms with Gasteiger partial charge in [-0.15, -0.1) is 0 Å². The van der Waals surface area contributed by atoms with Crippen LogP contribution in [-0.4, -0.2) is 76.7 Å². The molecule has 2 saturated heterocycles. The Morgan fingerprint density at radius 1 is 0.853 bits per heavy atom. The van der Waals surface area contributed by atoms with Gasteiger partial charge >= 0.3 is 13.8 Å². The molecule has 2 heterocycles. The Morgan fingerprint density at radius 2 is 1.35 bits per heavy atom. The summed E-state index contributed by atoms with van der Waals surface area (Å²) in [5.41, 5.74) is 0. The summed E-state index contributed by atoms with van der Waals surface area (Å²) in [4.78, 5) is 13.3. The first-order valence-electron chi connectivity index (χ1n) is 13.0. The average Bonchev–Trinajstić information content (AvgIpc) is 3.21. The molecule has 0 saturated carbocycles. The van der Waals surface area contributed by atoms with Crippen molar-refractivity contribution >= 4 is 13.8 Å². The van der Waals surface area contributed by atoms with Gasteiger partial charge in [0, 0.05) is 0 Å². The molecule has 0 radical (unpaired) electrons. The number of hydrogen-bond acceptors (Lipinski definition) is 8. The maximum Gasteiger partial charge on any atom is 0.411 e. The summed E-state index contributed by atoms with van der Waals surface area (Å²) >= 11 is 0. The Hall–Kier alpha value is -0.740. The molecule has 2 fully saturated rings. The molecule has 200 valence electrons. The molecule has 2 aliphatic rings. The highest BCUT2D eigenvalue weighted by molar-refractivity contribution is 7.51. The lowest BCUT2D eigenvalue weighted by atomic mass is 9.93. The summed E-state index contributed by atoms with van der Waals surface area (Å²) in [6.45, 7) is 4.58. The number of amides is 1. The SMILES string of the molecule is CCCCCCCCOP(=O)(N[C@@H]1[C@@H](O)C(O)[C@H](O)C2COC(=O)N21)OCCCCCCCC. The van der Waals surface area contributed by atoms with Crippen molar-refractivity contribution in [3.63, 3.8) is 0 Å². The van der Waals surface area contributed by atoms with Gasteiger partial charge in [0.25, 0.3) is 0 Å². The van der Waals surface area contributed by atoms with Gasteiger partial charge in [-0.3, -0.25) is 13.9 Å². The van der Waals surface area contributed by atoms with E-state index in [-0.39, 0.29) is 19.8 Å². The van der Waals surface area contributed by atoms with Gasteiger partial charge in [0.1, 0.15) is 31.1 Å². The summed E-state index contributed by atoms with van der Waals surface area (Å²) in [5.74, 6) is 0. The number of aliphatic hydroxyl groups is 3. The van der Waals surface area contributed by atoms with E-state index in [4.69, 9.17) is 13.8 Å². The van der Waals surface area contributed by atoms with Gasteiger partial charge in [0.05, 0.1) is 19.3 Å². The summed E-state index contributed by atoms with van der Waals surface area (Å²) in [5, 5.41) is 33.7. The van der Waals surface area contributed by atoms with Crippen molar-refractivity contribution in [3.8, 4) is 0 Å². The predicted octanol–water partition coefficient (Wildman–Crippen LogP) is 3.68. The second-order valence-corrected chi connectivity index (χ2v) is 11.1. The van der Waals surface area contributed by atoms with Crippen LogP contribution in [0.1, 0.15) is 90.9 Å². The van der Waals surface area contributed by atoms with Crippen molar-refractivity contribution in [1.29, 1.82) is 0 Å². The number of aliphatic hydroxyl groups excluding tert-OH is 3. The van der Waals surface area contributed by atoms with Crippen molar-refractivity contribution in [3.05, 3.63) is 0 Å². The number of piperidine rings is 1. The molecule has 5 atom stereocenters. The Kier molecular flexibility index (Phi) is 13.3. The third kappa shape index (κ3) is 8.73. The van der Waals surface area contributed by atoms with Crippen LogP contribution in [0.25, 0.3) is 0 Å². The molecule has 2 unspecified atom stereocenters. The summed E-state index contributed by atoms with van der Waals surface area (Å²) in [6.07, 6.45) is 5.84. The Labute approximate surface area is 203 Å². The van der Waals surface area contributed by atoms with Gasteiger partial charge in [-0.05, 0) is 12.8 Å². The second kappa shape index (κ2) is 15.4. The van der Waals surface area contributed by atoms with Gasteiger partial charge in [0.2, 0.25) is 0 Å². The molecule has 0 aromatic heterocycles. The Morgan fingerprint density at radius 3 is 1.88 bits per heavy atom. The van der Waals surface area contributed by atoms with Crippen LogP contribution < -0.4 is 5.09 Å². The van der Waals surface area contributed by atoms with E-state index in [0.717, 1.165) is 56.3 Å². The van der Waals surface area contributed by atoms with Crippen LogP contribution >= 0.6 is 7.75 Å². The fraction of sp³-hybridized carbons (Fsp3) is 0.957. The highest BCUT2D eigenvalue weighted by Gasteiger charge is 2.55. The van der Waals surface area contributed by atoms with Crippen LogP contribution in [0.5, 0.6) is 0 Å². The molecule has 0 aliphatic carbocycles. The Bertz CT molecular complexity index is 618. The van der Waals surface area contributed by atoms with E-state index in [9.17, 15) is 24.7 Å². The first kappa shape index (κ1) is 29.5. The number of cyclic esters (lactones) is 1. The van der Waals surface area contributed by atoms with Crippen LogP contribution in [0.2, 0.25) is 0 Å². The van der Waals surface area contributed by atoms with Crippen molar-refractivity contribution in [2.75, 3.05) is 19.8 Å². The molecule has 0 aromatic carbocycles. The van der Waals surface area contributed by atoms with Gasteiger partial charge in [0.15, 0.2) is 0 Å². The maximum absolute atomic E-state index is 13.6. The van der Waals surface area contributed by atoms with E-state index in [2.05, 4.69) is 18.9 Å². The lowest BCUT2D eigenvalue weighted by Gasteiger charge is -2.44. The minimum atomic E-state index is -3.92. The van der Waals surface area contributed by atoms with Gasteiger partial charge < -0.3 is 20.1 Å². The number of carbonyl (C=O) groups is 1.